The van der Waals surface area contributed by atoms with Gasteiger partial charge in [-0.2, -0.15) is 0 Å². The Kier molecular flexibility index (Phi) is 10.5. The second-order valence-corrected chi connectivity index (χ2v) is 8.01. The van der Waals surface area contributed by atoms with Crippen molar-refractivity contribution in [3.8, 4) is 0 Å². The fourth-order valence-corrected chi connectivity index (χ4v) is 2.67. The van der Waals surface area contributed by atoms with Crippen LogP contribution in [0.25, 0.3) is 0 Å². The minimum Gasteiger partial charge on any atom is -0.384 e. The monoisotopic (exact) mass is 469 g/mol. The number of sulfone groups is 1. The number of benzene rings is 1. The molecule has 6 nitrogen and oxygen atoms in total. The first-order valence-electron chi connectivity index (χ1n) is 7.72. The number of guanidine groups is 1. The van der Waals surface area contributed by atoms with Gasteiger partial charge in [0.1, 0.15) is 15.4 Å². The number of hydrogen-bond acceptors (Lipinski definition) is 4. The van der Waals surface area contributed by atoms with Crippen LogP contribution in [0, 0.1) is 0 Å². The highest BCUT2D eigenvalue weighted by molar-refractivity contribution is 14.0. The van der Waals surface area contributed by atoms with Crippen LogP contribution in [0.3, 0.4) is 0 Å². The second-order valence-electron chi connectivity index (χ2n) is 5.75. The van der Waals surface area contributed by atoms with Gasteiger partial charge in [0.25, 0.3) is 0 Å². The lowest BCUT2D eigenvalue weighted by atomic mass is 9.96. The van der Waals surface area contributed by atoms with Crippen LogP contribution in [-0.4, -0.2) is 51.1 Å². The highest BCUT2D eigenvalue weighted by Crippen LogP contribution is 2.20. The molecule has 0 amide bonds. The molecule has 0 radical (unpaired) electrons. The predicted molar refractivity (Wildman–Crippen MR) is 110 cm³/mol. The zero-order chi connectivity index (χ0) is 17.3. The van der Waals surface area contributed by atoms with Crippen LogP contribution < -0.4 is 10.6 Å². The van der Waals surface area contributed by atoms with Crippen molar-refractivity contribution in [2.75, 3.05) is 31.6 Å². The molecule has 1 unspecified atom stereocenters. The molecular weight excluding hydrogens is 441 g/mol. The molecule has 1 rings (SSSR count). The van der Waals surface area contributed by atoms with Crippen molar-refractivity contribution in [3.63, 3.8) is 0 Å². The Bertz CT molecular complexity index is 604. The van der Waals surface area contributed by atoms with Crippen molar-refractivity contribution in [2.24, 2.45) is 4.99 Å². The summed E-state index contributed by atoms with van der Waals surface area (Å²) >= 11 is 0. The number of halogens is 1. The molecule has 0 spiro atoms. The van der Waals surface area contributed by atoms with Crippen LogP contribution in [0.2, 0.25) is 0 Å². The molecule has 0 aromatic heterocycles. The summed E-state index contributed by atoms with van der Waals surface area (Å²) in [5.41, 5.74) is -0.257. The maximum atomic E-state index is 11.1. The van der Waals surface area contributed by atoms with Crippen LogP contribution in [0.5, 0.6) is 0 Å². The van der Waals surface area contributed by atoms with E-state index in [2.05, 4.69) is 15.6 Å². The fraction of sp³-hybridized carbons (Fsp3) is 0.562. The zero-order valence-corrected chi connectivity index (χ0v) is 17.6. The number of hydrogen-bond donors (Lipinski definition) is 3. The van der Waals surface area contributed by atoms with Gasteiger partial charge in [0, 0.05) is 19.3 Å². The summed E-state index contributed by atoms with van der Waals surface area (Å²) in [7, 11) is -2.95. The van der Waals surface area contributed by atoms with Crippen molar-refractivity contribution in [1.82, 2.24) is 10.6 Å². The molecule has 0 aliphatic heterocycles. The van der Waals surface area contributed by atoms with E-state index in [1.807, 2.05) is 37.3 Å². The number of aliphatic imine (C=N–C) groups is 1. The van der Waals surface area contributed by atoms with Crippen LogP contribution in [0.1, 0.15) is 25.8 Å². The van der Waals surface area contributed by atoms with Gasteiger partial charge in [-0.15, -0.1) is 24.0 Å². The highest BCUT2D eigenvalue weighted by atomic mass is 127. The maximum absolute atomic E-state index is 11.1. The fourth-order valence-electron chi connectivity index (χ4n) is 2.00. The lowest BCUT2D eigenvalue weighted by Crippen LogP contribution is -2.39. The average Bonchev–Trinajstić information content (AvgIpc) is 2.49. The summed E-state index contributed by atoms with van der Waals surface area (Å²) in [6.07, 6.45) is 1.74. The molecule has 0 fully saturated rings. The lowest BCUT2D eigenvalue weighted by molar-refractivity contribution is 0.0672. The molecule has 0 saturated heterocycles. The van der Waals surface area contributed by atoms with E-state index in [9.17, 15) is 13.5 Å². The Morgan fingerprint density at radius 2 is 1.88 bits per heavy atom. The SMILES string of the molecule is CCNC(=NCC(C)(O)c1ccccc1)NCCCS(C)(=O)=O.I. The Morgan fingerprint density at radius 1 is 1.25 bits per heavy atom. The molecule has 0 heterocycles. The van der Waals surface area contributed by atoms with Crippen LogP contribution >= 0.6 is 24.0 Å². The van der Waals surface area contributed by atoms with Gasteiger partial charge < -0.3 is 15.7 Å². The predicted octanol–water partition coefficient (Wildman–Crippen LogP) is 1.50. The first-order chi connectivity index (χ1) is 10.7. The normalized spacial score (nSPS) is 14.4. The van der Waals surface area contributed by atoms with Crippen molar-refractivity contribution in [2.45, 2.75) is 25.9 Å². The summed E-state index contributed by atoms with van der Waals surface area (Å²) < 4.78 is 22.2. The third-order valence-electron chi connectivity index (χ3n) is 3.27. The number of nitrogens with zero attached hydrogens (tertiary/aromatic N) is 1. The number of nitrogens with one attached hydrogen (secondary N) is 2. The van der Waals surface area contributed by atoms with E-state index >= 15 is 0 Å². The van der Waals surface area contributed by atoms with Gasteiger partial charge in [-0.1, -0.05) is 30.3 Å². The van der Waals surface area contributed by atoms with Gasteiger partial charge >= 0.3 is 0 Å². The maximum Gasteiger partial charge on any atom is 0.191 e. The summed E-state index contributed by atoms with van der Waals surface area (Å²) in [5, 5.41) is 16.7. The van der Waals surface area contributed by atoms with E-state index in [0.29, 0.717) is 25.5 Å². The van der Waals surface area contributed by atoms with E-state index in [1.165, 1.54) is 6.26 Å². The molecule has 8 heteroatoms. The smallest absolute Gasteiger partial charge is 0.191 e. The van der Waals surface area contributed by atoms with Gasteiger partial charge in [-0.3, -0.25) is 0 Å². The van der Waals surface area contributed by atoms with Crippen molar-refractivity contribution < 1.29 is 13.5 Å². The lowest BCUT2D eigenvalue weighted by Gasteiger charge is -2.22. The highest BCUT2D eigenvalue weighted by Gasteiger charge is 2.22. The largest absolute Gasteiger partial charge is 0.384 e. The molecule has 24 heavy (non-hydrogen) atoms. The Labute approximate surface area is 162 Å². The summed E-state index contributed by atoms with van der Waals surface area (Å²) in [5.74, 6) is 0.707. The second kappa shape index (κ2) is 10.9. The van der Waals surface area contributed by atoms with Crippen molar-refractivity contribution in [1.29, 1.82) is 0 Å². The Morgan fingerprint density at radius 3 is 2.42 bits per heavy atom. The van der Waals surface area contributed by atoms with Gasteiger partial charge in [0.05, 0.1) is 12.3 Å². The quantitative estimate of drug-likeness (QED) is 0.232. The van der Waals surface area contributed by atoms with Gasteiger partial charge in [-0.25, -0.2) is 13.4 Å². The Hall–Kier alpha value is -0.870. The topological polar surface area (TPSA) is 90.8 Å². The first kappa shape index (κ1) is 23.1. The average molecular weight is 469 g/mol. The molecule has 1 aromatic carbocycles. The van der Waals surface area contributed by atoms with E-state index in [-0.39, 0.29) is 36.3 Å². The standard InChI is InChI=1S/C16H27N3O3S.HI/c1-4-17-15(18-11-8-12-23(3,21)22)19-13-16(2,20)14-9-6-5-7-10-14;/h5-7,9-10,20H,4,8,11-13H2,1-3H3,(H2,17,18,19);1H. The van der Waals surface area contributed by atoms with Crippen LogP contribution in [0.4, 0.5) is 0 Å². The zero-order valence-electron chi connectivity index (χ0n) is 14.4. The Balaban J connectivity index is 0.00000529. The minimum absolute atomic E-state index is 0. The molecule has 0 aliphatic carbocycles. The van der Waals surface area contributed by atoms with Crippen molar-refractivity contribution in [3.05, 3.63) is 35.9 Å². The van der Waals surface area contributed by atoms with Crippen LogP contribution in [-0.2, 0) is 15.4 Å². The van der Waals surface area contributed by atoms with E-state index < -0.39 is 15.4 Å². The van der Waals surface area contributed by atoms with Gasteiger partial charge in [-0.05, 0) is 25.8 Å². The van der Waals surface area contributed by atoms with E-state index in [0.717, 1.165) is 5.56 Å². The van der Waals surface area contributed by atoms with E-state index in [4.69, 9.17) is 0 Å². The van der Waals surface area contributed by atoms with Crippen molar-refractivity contribution >= 4 is 39.8 Å². The molecule has 0 bridgehead atoms. The molecular formula is C16H28IN3O3S. The van der Waals surface area contributed by atoms with Gasteiger partial charge in [0.2, 0.25) is 0 Å². The molecule has 0 saturated carbocycles. The summed E-state index contributed by atoms with van der Waals surface area (Å²) in [6, 6.07) is 9.38. The van der Waals surface area contributed by atoms with Gasteiger partial charge in [0.15, 0.2) is 5.96 Å². The van der Waals surface area contributed by atoms with Crippen LogP contribution in [0.15, 0.2) is 35.3 Å². The molecule has 3 N–H and O–H groups in total. The third kappa shape index (κ3) is 9.43. The first-order valence-corrected chi connectivity index (χ1v) is 9.78. The molecule has 0 aliphatic rings. The molecule has 1 atom stereocenters. The summed E-state index contributed by atoms with van der Waals surface area (Å²) in [4.78, 5) is 4.39. The number of aliphatic hydroxyl groups is 1. The number of rotatable bonds is 8. The summed E-state index contributed by atoms with van der Waals surface area (Å²) in [6.45, 7) is 5.07. The molecule has 1 aromatic rings. The minimum atomic E-state index is -2.95. The van der Waals surface area contributed by atoms with E-state index in [1.54, 1.807) is 6.92 Å². The third-order valence-corrected chi connectivity index (χ3v) is 4.30. The molecule has 138 valence electrons.